The van der Waals surface area contributed by atoms with Crippen LogP contribution in [0.25, 0.3) is 0 Å². The minimum atomic E-state index is 0. The van der Waals surface area contributed by atoms with Gasteiger partial charge in [0.05, 0.1) is 0 Å². The predicted octanol–water partition coefficient (Wildman–Crippen LogP) is 2.83. The Morgan fingerprint density at radius 2 is 1.82 bits per heavy atom. The third-order valence-corrected chi connectivity index (χ3v) is 2.95. The molecule has 0 aliphatic carbocycles. The number of nitrogens with zero attached hydrogens (tertiary/aromatic N) is 1. The molecule has 0 unspecified atom stereocenters. The fourth-order valence-electron chi connectivity index (χ4n) is 1.93. The van der Waals surface area contributed by atoms with Crippen molar-refractivity contribution in [3.05, 3.63) is 35.4 Å². The van der Waals surface area contributed by atoms with Crippen LogP contribution in [0.4, 0.5) is 0 Å². The molecule has 2 N–H and O–H groups in total. The van der Waals surface area contributed by atoms with Crippen molar-refractivity contribution in [1.82, 2.24) is 4.90 Å². The minimum absolute atomic E-state index is 0. The Morgan fingerprint density at radius 1 is 1.24 bits per heavy atom. The maximum Gasteiger partial charge on any atom is 0.0233 e. The molecule has 0 spiro atoms. The molecule has 0 aliphatic heterocycles. The maximum absolute atomic E-state index is 5.75. The van der Waals surface area contributed by atoms with Crippen LogP contribution in [0.15, 0.2) is 24.3 Å². The van der Waals surface area contributed by atoms with Crippen molar-refractivity contribution in [3.8, 4) is 0 Å². The fraction of sp³-hybridized carbons (Fsp3) is 0.571. The molecule has 0 aliphatic rings. The zero-order valence-electron chi connectivity index (χ0n) is 11.4. The van der Waals surface area contributed by atoms with E-state index in [2.05, 4.69) is 57.0 Å². The molecule has 0 atom stereocenters. The lowest BCUT2D eigenvalue weighted by atomic mass is 9.93. The summed E-state index contributed by atoms with van der Waals surface area (Å²) in [7, 11) is 2.16. The third-order valence-electron chi connectivity index (χ3n) is 2.95. The van der Waals surface area contributed by atoms with Gasteiger partial charge in [-0.05, 0) is 37.1 Å². The van der Waals surface area contributed by atoms with E-state index in [4.69, 9.17) is 5.73 Å². The average molecular weight is 257 g/mol. The first-order chi connectivity index (χ1) is 7.44. The highest BCUT2D eigenvalue weighted by Gasteiger charge is 2.18. The summed E-state index contributed by atoms with van der Waals surface area (Å²) in [5.74, 6) is 0. The molecule has 17 heavy (non-hydrogen) atoms. The Morgan fingerprint density at radius 3 is 2.35 bits per heavy atom. The van der Waals surface area contributed by atoms with Crippen molar-refractivity contribution in [1.29, 1.82) is 0 Å². The van der Waals surface area contributed by atoms with Crippen LogP contribution in [0.5, 0.6) is 0 Å². The lowest BCUT2D eigenvalue weighted by Gasteiger charge is -2.29. The predicted molar refractivity (Wildman–Crippen MR) is 77.6 cm³/mol. The van der Waals surface area contributed by atoms with Crippen molar-refractivity contribution < 1.29 is 0 Å². The van der Waals surface area contributed by atoms with E-state index in [1.54, 1.807) is 0 Å². The van der Waals surface area contributed by atoms with Gasteiger partial charge < -0.3 is 10.6 Å². The van der Waals surface area contributed by atoms with E-state index in [1.165, 1.54) is 11.1 Å². The monoisotopic (exact) mass is 256 g/mol. The van der Waals surface area contributed by atoms with Crippen molar-refractivity contribution in [2.45, 2.75) is 27.3 Å². The highest BCUT2D eigenvalue weighted by atomic mass is 35.5. The Bertz CT molecular complexity index is 337. The van der Waals surface area contributed by atoms with E-state index in [1.807, 2.05) is 0 Å². The van der Waals surface area contributed by atoms with Gasteiger partial charge >= 0.3 is 0 Å². The standard InChI is InChI=1S/C14H24N2.ClH/c1-12-7-5-6-8-13(12)9-16(4)11-14(2,3)10-15;/h5-8H,9-11,15H2,1-4H3;1H. The van der Waals surface area contributed by atoms with Gasteiger partial charge in [-0.1, -0.05) is 38.1 Å². The maximum atomic E-state index is 5.75. The molecule has 0 saturated carbocycles. The molecule has 1 aromatic rings. The van der Waals surface area contributed by atoms with Crippen LogP contribution in [0.1, 0.15) is 25.0 Å². The zero-order valence-corrected chi connectivity index (χ0v) is 12.2. The summed E-state index contributed by atoms with van der Waals surface area (Å²) < 4.78 is 0. The molecular formula is C14H25ClN2. The van der Waals surface area contributed by atoms with Gasteiger partial charge in [-0.2, -0.15) is 0 Å². The van der Waals surface area contributed by atoms with Crippen LogP contribution in [0.3, 0.4) is 0 Å². The summed E-state index contributed by atoms with van der Waals surface area (Å²) in [5, 5.41) is 0. The minimum Gasteiger partial charge on any atom is -0.330 e. The first-order valence-electron chi connectivity index (χ1n) is 5.88. The lowest BCUT2D eigenvalue weighted by Crippen LogP contribution is -2.36. The Kier molecular flexibility index (Phi) is 6.76. The summed E-state index contributed by atoms with van der Waals surface area (Å²) >= 11 is 0. The van der Waals surface area contributed by atoms with E-state index >= 15 is 0 Å². The first kappa shape index (κ1) is 16.4. The summed E-state index contributed by atoms with van der Waals surface area (Å²) in [6.07, 6.45) is 0. The largest absolute Gasteiger partial charge is 0.330 e. The van der Waals surface area contributed by atoms with Gasteiger partial charge in [0.15, 0.2) is 0 Å². The first-order valence-corrected chi connectivity index (χ1v) is 5.88. The molecule has 0 radical (unpaired) electrons. The Labute approximate surface area is 112 Å². The van der Waals surface area contributed by atoms with Gasteiger partial charge in [-0.3, -0.25) is 0 Å². The fourth-order valence-corrected chi connectivity index (χ4v) is 1.93. The van der Waals surface area contributed by atoms with E-state index in [9.17, 15) is 0 Å². The second-order valence-electron chi connectivity index (χ2n) is 5.47. The van der Waals surface area contributed by atoms with Crippen LogP contribution in [-0.2, 0) is 6.54 Å². The molecule has 0 heterocycles. The highest BCUT2D eigenvalue weighted by Crippen LogP contribution is 2.16. The number of aryl methyl sites for hydroxylation is 1. The second-order valence-corrected chi connectivity index (χ2v) is 5.47. The summed E-state index contributed by atoms with van der Waals surface area (Å²) in [4.78, 5) is 2.34. The van der Waals surface area contributed by atoms with Gasteiger partial charge in [0.2, 0.25) is 0 Å². The van der Waals surface area contributed by atoms with E-state index in [0.717, 1.165) is 19.6 Å². The van der Waals surface area contributed by atoms with Gasteiger partial charge in [0, 0.05) is 13.1 Å². The van der Waals surface area contributed by atoms with E-state index in [0.29, 0.717) is 0 Å². The van der Waals surface area contributed by atoms with Crippen LogP contribution in [0.2, 0.25) is 0 Å². The smallest absolute Gasteiger partial charge is 0.0233 e. The molecule has 1 aromatic carbocycles. The number of halogens is 1. The number of hydrogen-bond acceptors (Lipinski definition) is 2. The number of nitrogens with two attached hydrogens (primary N) is 1. The van der Waals surface area contributed by atoms with Gasteiger partial charge in [-0.15, -0.1) is 12.4 Å². The summed E-state index contributed by atoms with van der Waals surface area (Å²) in [5.41, 5.74) is 8.70. The SMILES string of the molecule is Cc1ccccc1CN(C)CC(C)(C)CN.Cl. The van der Waals surface area contributed by atoms with Gasteiger partial charge in [0.1, 0.15) is 0 Å². The van der Waals surface area contributed by atoms with Crippen molar-refractivity contribution in [2.24, 2.45) is 11.1 Å². The topological polar surface area (TPSA) is 29.3 Å². The van der Waals surface area contributed by atoms with Crippen LogP contribution in [-0.4, -0.2) is 25.0 Å². The Balaban J connectivity index is 0.00000256. The van der Waals surface area contributed by atoms with E-state index in [-0.39, 0.29) is 17.8 Å². The second kappa shape index (κ2) is 7.00. The molecule has 2 nitrogen and oxygen atoms in total. The quantitative estimate of drug-likeness (QED) is 0.878. The van der Waals surface area contributed by atoms with Crippen molar-refractivity contribution in [3.63, 3.8) is 0 Å². The summed E-state index contributed by atoms with van der Waals surface area (Å²) in [6.45, 7) is 9.33. The van der Waals surface area contributed by atoms with Gasteiger partial charge in [0.25, 0.3) is 0 Å². The average Bonchev–Trinajstić information content (AvgIpc) is 2.21. The molecule has 0 aromatic heterocycles. The molecular weight excluding hydrogens is 232 g/mol. The number of rotatable bonds is 5. The van der Waals surface area contributed by atoms with Crippen molar-refractivity contribution >= 4 is 12.4 Å². The molecule has 0 bridgehead atoms. The molecule has 3 heteroatoms. The normalized spacial score (nSPS) is 11.4. The van der Waals surface area contributed by atoms with Crippen LogP contribution < -0.4 is 5.73 Å². The molecule has 0 saturated heterocycles. The van der Waals surface area contributed by atoms with Crippen LogP contribution >= 0.6 is 12.4 Å². The van der Waals surface area contributed by atoms with Gasteiger partial charge in [-0.25, -0.2) is 0 Å². The highest BCUT2D eigenvalue weighted by molar-refractivity contribution is 5.85. The van der Waals surface area contributed by atoms with E-state index < -0.39 is 0 Å². The number of hydrogen-bond donors (Lipinski definition) is 1. The molecule has 98 valence electrons. The lowest BCUT2D eigenvalue weighted by molar-refractivity contribution is 0.209. The van der Waals surface area contributed by atoms with Crippen molar-refractivity contribution in [2.75, 3.05) is 20.1 Å². The Hall–Kier alpha value is -0.570. The zero-order chi connectivity index (χ0) is 12.2. The molecule has 1 rings (SSSR count). The number of benzene rings is 1. The molecule has 0 fully saturated rings. The summed E-state index contributed by atoms with van der Waals surface area (Å²) in [6, 6.07) is 8.55. The van der Waals surface area contributed by atoms with Crippen LogP contribution in [0, 0.1) is 12.3 Å². The third kappa shape index (κ3) is 5.53. The molecule has 0 amide bonds.